The molecule has 7 heteroatoms. The fraction of sp³-hybridized carbons (Fsp3) is 0.133. The lowest BCUT2D eigenvalue weighted by Crippen LogP contribution is -2.13. The number of hydrogen-bond acceptors (Lipinski definition) is 5. The van der Waals surface area contributed by atoms with E-state index in [4.69, 9.17) is 21.1 Å². The van der Waals surface area contributed by atoms with Crippen LogP contribution in [0.3, 0.4) is 0 Å². The Balaban J connectivity index is 1.98. The van der Waals surface area contributed by atoms with Crippen molar-refractivity contribution in [2.45, 2.75) is 13.0 Å². The minimum Gasteiger partial charge on any atom is -0.426 e. The van der Waals surface area contributed by atoms with E-state index in [0.29, 0.717) is 10.6 Å². The maximum atomic E-state index is 11.7. The third-order valence-corrected chi connectivity index (χ3v) is 3.21. The Labute approximate surface area is 131 Å². The number of carbonyl (C=O) groups is 1. The molecular weight excluding hydrogens is 310 g/mol. The topological polar surface area (TPSA) is 78.7 Å². The van der Waals surface area contributed by atoms with E-state index in [9.17, 15) is 14.9 Å². The van der Waals surface area contributed by atoms with Gasteiger partial charge in [0.2, 0.25) is 0 Å². The van der Waals surface area contributed by atoms with Crippen molar-refractivity contribution in [1.29, 1.82) is 0 Å². The van der Waals surface area contributed by atoms with Crippen LogP contribution < -0.4 is 4.74 Å². The molecule has 0 saturated heterocycles. The predicted molar refractivity (Wildman–Crippen MR) is 80.1 cm³/mol. The quantitative estimate of drug-likeness (QED) is 0.358. The Kier molecular flexibility index (Phi) is 4.95. The Morgan fingerprint density at radius 3 is 2.41 bits per heavy atom. The number of carbonyl (C=O) groups excluding carboxylic acids is 1. The number of halogens is 1. The van der Waals surface area contributed by atoms with Crippen molar-refractivity contribution in [3.63, 3.8) is 0 Å². The number of rotatable bonds is 4. The van der Waals surface area contributed by atoms with Gasteiger partial charge in [-0.2, -0.15) is 0 Å². The monoisotopic (exact) mass is 321 g/mol. The van der Waals surface area contributed by atoms with Crippen LogP contribution in [0, 0.1) is 10.1 Å². The van der Waals surface area contributed by atoms with Gasteiger partial charge in [0.05, 0.1) is 4.92 Å². The van der Waals surface area contributed by atoms with Crippen LogP contribution in [0.1, 0.15) is 18.6 Å². The molecule has 0 spiro atoms. The van der Waals surface area contributed by atoms with Crippen molar-refractivity contribution in [2.24, 2.45) is 0 Å². The first kappa shape index (κ1) is 15.8. The zero-order valence-electron chi connectivity index (χ0n) is 11.6. The summed E-state index contributed by atoms with van der Waals surface area (Å²) in [6.07, 6.45) is -1.50. The second kappa shape index (κ2) is 6.91. The van der Waals surface area contributed by atoms with Gasteiger partial charge in [0.1, 0.15) is 11.9 Å². The lowest BCUT2D eigenvalue weighted by Gasteiger charge is -2.14. The number of non-ortho nitro benzene ring substituents is 1. The molecule has 0 aliphatic rings. The molecule has 22 heavy (non-hydrogen) atoms. The first-order valence-corrected chi connectivity index (χ1v) is 6.72. The third kappa shape index (κ3) is 3.95. The van der Waals surface area contributed by atoms with E-state index in [2.05, 4.69) is 0 Å². The highest BCUT2D eigenvalue weighted by atomic mass is 35.5. The Hall–Kier alpha value is -2.60. The van der Waals surface area contributed by atoms with Gasteiger partial charge < -0.3 is 9.47 Å². The van der Waals surface area contributed by atoms with Crippen molar-refractivity contribution in [3.05, 3.63) is 69.2 Å². The molecule has 0 saturated carbocycles. The number of nitro groups is 1. The summed E-state index contributed by atoms with van der Waals surface area (Å²) in [7, 11) is 0. The second-order valence-corrected chi connectivity index (χ2v) is 4.79. The molecule has 0 amide bonds. The molecular formula is C15H12ClNO5. The summed E-state index contributed by atoms with van der Waals surface area (Å²) in [5.74, 6) is 0.155. The lowest BCUT2D eigenvalue weighted by atomic mass is 10.1. The molecule has 2 aromatic rings. The summed E-state index contributed by atoms with van der Waals surface area (Å²) in [6, 6.07) is 12.1. The minimum absolute atomic E-state index is 0.0925. The van der Waals surface area contributed by atoms with Crippen molar-refractivity contribution in [2.75, 3.05) is 0 Å². The van der Waals surface area contributed by atoms with Crippen LogP contribution in [0.4, 0.5) is 10.5 Å². The van der Waals surface area contributed by atoms with Gasteiger partial charge in [-0.3, -0.25) is 10.1 Å². The van der Waals surface area contributed by atoms with Gasteiger partial charge in [-0.25, -0.2) is 4.79 Å². The Bertz CT molecular complexity index is 687. The van der Waals surface area contributed by atoms with E-state index in [1.54, 1.807) is 31.2 Å². The molecule has 0 radical (unpaired) electrons. The summed E-state index contributed by atoms with van der Waals surface area (Å²) in [5.41, 5.74) is 0.565. The molecule has 1 atom stereocenters. The van der Waals surface area contributed by atoms with Crippen LogP contribution in [0.25, 0.3) is 0 Å². The standard InChI is InChI=1S/C15H12ClNO5/c1-10(13-4-2-3-5-14(13)16)21-15(18)22-12-8-6-11(7-9-12)17(19)20/h2-10H,1H3. The van der Waals surface area contributed by atoms with Crippen LogP contribution in [0.15, 0.2) is 48.5 Å². The van der Waals surface area contributed by atoms with Gasteiger partial charge in [0, 0.05) is 22.7 Å². The van der Waals surface area contributed by atoms with Gasteiger partial charge in [0.15, 0.2) is 0 Å². The van der Waals surface area contributed by atoms with Crippen LogP contribution in [-0.2, 0) is 4.74 Å². The van der Waals surface area contributed by atoms with Crippen LogP contribution >= 0.6 is 11.6 Å². The number of nitrogens with zero attached hydrogens (tertiary/aromatic N) is 1. The number of benzene rings is 2. The first-order chi connectivity index (χ1) is 10.5. The summed E-state index contributed by atoms with van der Waals surface area (Å²) in [5, 5.41) is 11.0. The summed E-state index contributed by atoms with van der Waals surface area (Å²) < 4.78 is 10.1. The summed E-state index contributed by atoms with van der Waals surface area (Å²) in [4.78, 5) is 21.7. The minimum atomic E-state index is -0.915. The molecule has 6 nitrogen and oxygen atoms in total. The van der Waals surface area contributed by atoms with Crippen LogP contribution in [0.2, 0.25) is 5.02 Å². The molecule has 2 rings (SSSR count). The Morgan fingerprint density at radius 2 is 1.82 bits per heavy atom. The molecule has 0 fully saturated rings. The van der Waals surface area contributed by atoms with E-state index in [-0.39, 0.29) is 11.4 Å². The van der Waals surface area contributed by atoms with Crippen LogP contribution in [0.5, 0.6) is 5.75 Å². The van der Waals surface area contributed by atoms with Crippen molar-refractivity contribution < 1.29 is 19.2 Å². The van der Waals surface area contributed by atoms with Crippen molar-refractivity contribution >= 4 is 23.4 Å². The average molecular weight is 322 g/mol. The molecule has 0 bridgehead atoms. The van der Waals surface area contributed by atoms with E-state index < -0.39 is 17.2 Å². The fourth-order valence-electron chi connectivity index (χ4n) is 1.77. The van der Waals surface area contributed by atoms with Gasteiger partial charge in [-0.05, 0) is 25.1 Å². The molecule has 2 aromatic carbocycles. The summed E-state index contributed by atoms with van der Waals surface area (Å²) >= 11 is 6.01. The molecule has 0 aromatic heterocycles. The van der Waals surface area contributed by atoms with Crippen molar-refractivity contribution in [3.8, 4) is 5.75 Å². The normalized spacial score (nSPS) is 11.5. The number of nitro benzene ring substituents is 1. The average Bonchev–Trinajstić information content (AvgIpc) is 2.48. The zero-order valence-corrected chi connectivity index (χ0v) is 12.3. The predicted octanol–water partition coefficient (Wildman–Crippen LogP) is 4.52. The van der Waals surface area contributed by atoms with Crippen LogP contribution in [-0.4, -0.2) is 11.1 Å². The molecule has 0 heterocycles. The van der Waals surface area contributed by atoms with E-state index in [0.717, 1.165) is 0 Å². The maximum Gasteiger partial charge on any atom is 0.514 e. The van der Waals surface area contributed by atoms with Crippen molar-refractivity contribution in [1.82, 2.24) is 0 Å². The van der Waals surface area contributed by atoms with Gasteiger partial charge in [-0.15, -0.1) is 0 Å². The number of hydrogen-bond donors (Lipinski definition) is 0. The fourth-order valence-corrected chi connectivity index (χ4v) is 2.06. The highest BCUT2D eigenvalue weighted by molar-refractivity contribution is 6.31. The lowest BCUT2D eigenvalue weighted by molar-refractivity contribution is -0.384. The first-order valence-electron chi connectivity index (χ1n) is 6.34. The third-order valence-electron chi connectivity index (χ3n) is 2.86. The SMILES string of the molecule is CC(OC(=O)Oc1ccc([N+](=O)[O-])cc1)c1ccccc1Cl. The maximum absolute atomic E-state index is 11.7. The largest absolute Gasteiger partial charge is 0.514 e. The highest BCUT2D eigenvalue weighted by Crippen LogP contribution is 2.26. The number of ether oxygens (including phenoxy) is 2. The molecule has 1 unspecified atom stereocenters. The highest BCUT2D eigenvalue weighted by Gasteiger charge is 2.16. The molecule has 0 aliphatic heterocycles. The smallest absolute Gasteiger partial charge is 0.426 e. The van der Waals surface area contributed by atoms with E-state index >= 15 is 0 Å². The van der Waals surface area contributed by atoms with Gasteiger partial charge >= 0.3 is 6.16 Å². The second-order valence-electron chi connectivity index (χ2n) is 4.38. The molecule has 114 valence electrons. The van der Waals surface area contributed by atoms with E-state index in [1.807, 2.05) is 0 Å². The molecule has 0 N–H and O–H groups in total. The van der Waals surface area contributed by atoms with E-state index in [1.165, 1.54) is 24.3 Å². The Morgan fingerprint density at radius 1 is 1.18 bits per heavy atom. The van der Waals surface area contributed by atoms with Gasteiger partial charge in [-0.1, -0.05) is 29.8 Å². The molecule has 0 aliphatic carbocycles. The zero-order chi connectivity index (χ0) is 16.1. The summed E-state index contributed by atoms with van der Waals surface area (Å²) in [6.45, 7) is 1.66. The van der Waals surface area contributed by atoms with Gasteiger partial charge in [0.25, 0.3) is 5.69 Å².